The zero-order valence-corrected chi connectivity index (χ0v) is 39.5. The second-order valence-electron chi connectivity index (χ2n) is 17.4. The van der Waals surface area contributed by atoms with E-state index in [1.807, 2.05) is 11.3 Å². The molecule has 10 aromatic carbocycles. The van der Waals surface area contributed by atoms with Crippen LogP contribution in [0.25, 0.3) is 42.4 Å². The molecule has 0 radical (unpaired) electrons. The number of aryl methyl sites for hydroxylation is 2. The van der Waals surface area contributed by atoms with Crippen LogP contribution in [0.2, 0.25) is 0 Å². The summed E-state index contributed by atoms with van der Waals surface area (Å²) in [7, 11) is -5.21. The highest BCUT2D eigenvalue weighted by atomic mass is 32.1. The van der Waals surface area contributed by atoms with Crippen molar-refractivity contribution in [2.45, 2.75) is 13.8 Å². The Hall–Kier alpha value is -7.15. The van der Waals surface area contributed by atoms with Gasteiger partial charge >= 0.3 is 0 Å². The Morgan fingerprint density at radius 2 is 0.554 bits per heavy atom. The second-order valence-corrected chi connectivity index (χ2v) is 26.1. The molecular formula is C62H48SSi2. The Morgan fingerprint density at radius 3 is 0.938 bits per heavy atom. The third kappa shape index (κ3) is 7.13. The molecule has 310 valence electrons. The first-order chi connectivity index (χ1) is 32.0. The minimum absolute atomic E-state index is 1.23. The minimum atomic E-state index is -2.61. The minimum Gasteiger partial charge on any atom is -0.135 e. The van der Waals surface area contributed by atoms with Gasteiger partial charge in [0, 0.05) is 20.2 Å². The van der Waals surface area contributed by atoms with E-state index in [4.69, 9.17) is 0 Å². The lowest BCUT2D eigenvalue weighted by atomic mass is 10.0. The average molecular weight is 881 g/mol. The van der Waals surface area contributed by atoms with Crippen molar-refractivity contribution in [3.63, 3.8) is 0 Å². The predicted octanol–water partition coefficient (Wildman–Crippen LogP) is 10.8. The lowest BCUT2D eigenvalue weighted by Gasteiger charge is -2.34. The van der Waals surface area contributed by atoms with E-state index in [0.29, 0.717) is 0 Å². The van der Waals surface area contributed by atoms with Gasteiger partial charge in [0.25, 0.3) is 0 Å². The molecule has 0 N–H and O–H groups in total. The maximum atomic E-state index is 2.40. The summed E-state index contributed by atoms with van der Waals surface area (Å²) in [5, 5.41) is 13.7. The molecule has 0 aliphatic carbocycles. The number of hydrogen-bond acceptors (Lipinski definition) is 1. The number of hydrogen-bond donors (Lipinski definition) is 0. The van der Waals surface area contributed by atoms with Crippen molar-refractivity contribution in [2.75, 3.05) is 0 Å². The van der Waals surface area contributed by atoms with Gasteiger partial charge in [0.2, 0.25) is 0 Å². The van der Waals surface area contributed by atoms with E-state index in [1.165, 1.54) is 95.0 Å². The molecule has 0 bridgehead atoms. The molecule has 0 nitrogen and oxygen atoms in total. The fraction of sp³-hybridized carbons (Fsp3) is 0.0323. The fourth-order valence-corrected chi connectivity index (χ4v) is 20.9. The van der Waals surface area contributed by atoms with Crippen LogP contribution in [0.15, 0.2) is 255 Å². The van der Waals surface area contributed by atoms with Crippen molar-refractivity contribution in [3.8, 4) is 22.3 Å². The third-order valence-corrected chi connectivity index (χ3v) is 24.3. The first kappa shape index (κ1) is 40.6. The number of benzene rings is 10. The fourth-order valence-electron chi connectivity index (χ4n) is 10.3. The first-order valence-electron chi connectivity index (χ1n) is 22.6. The topological polar surface area (TPSA) is 0 Å². The van der Waals surface area contributed by atoms with Gasteiger partial charge < -0.3 is 0 Å². The van der Waals surface area contributed by atoms with E-state index in [2.05, 4.69) is 269 Å². The smallest absolute Gasteiger partial charge is 0.135 e. The molecule has 1 heterocycles. The molecule has 0 spiro atoms. The molecule has 0 unspecified atom stereocenters. The molecule has 65 heavy (non-hydrogen) atoms. The summed E-state index contributed by atoms with van der Waals surface area (Å²) in [6.07, 6.45) is 0. The standard InChI is InChI=1S/C62H48SSi2/c1-45-23-33-55(34-24-45)64(51-15-7-3-8-16-51,52-17-9-4-10-18-52)57-37-27-47(28-38-57)49-32-42-61-60(43-49)59-41-31-50(44-62(59)63-61)48-29-39-58(40-30-48)65(53-19-11-5-12-20-53,54-21-13-6-14-22-54)56-35-25-46(2)26-36-56/h3-44H,1-2H3. The van der Waals surface area contributed by atoms with Gasteiger partial charge in [0.15, 0.2) is 16.1 Å². The van der Waals surface area contributed by atoms with Crippen molar-refractivity contribution in [3.05, 3.63) is 266 Å². The Balaban J connectivity index is 0.954. The van der Waals surface area contributed by atoms with Crippen LogP contribution in [0, 0.1) is 13.8 Å². The van der Waals surface area contributed by atoms with Gasteiger partial charge in [0.05, 0.1) is 0 Å². The third-order valence-electron chi connectivity index (χ3n) is 13.6. The zero-order chi connectivity index (χ0) is 43.8. The van der Waals surface area contributed by atoms with Crippen molar-refractivity contribution in [2.24, 2.45) is 0 Å². The van der Waals surface area contributed by atoms with Crippen molar-refractivity contribution in [1.82, 2.24) is 0 Å². The highest BCUT2D eigenvalue weighted by Crippen LogP contribution is 2.38. The van der Waals surface area contributed by atoms with E-state index in [1.54, 1.807) is 0 Å². The van der Waals surface area contributed by atoms with Crippen LogP contribution >= 0.6 is 11.3 Å². The van der Waals surface area contributed by atoms with E-state index >= 15 is 0 Å². The van der Waals surface area contributed by atoms with Crippen LogP contribution in [-0.2, 0) is 0 Å². The zero-order valence-electron chi connectivity index (χ0n) is 36.7. The van der Waals surface area contributed by atoms with Crippen LogP contribution in [0.4, 0.5) is 0 Å². The van der Waals surface area contributed by atoms with Crippen LogP contribution in [0.3, 0.4) is 0 Å². The van der Waals surface area contributed by atoms with Crippen LogP contribution in [-0.4, -0.2) is 16.1 Å². The SMILES string of the molecule is Cc1ccc([Si](c2ccccc2)(c2ccccc2)c2ccc(-c3ccc4c(c3)sc3ccc(-c5ccc([Si](c6ccccc6)(c6ccccc6)c6ccc(C)cc6)cc5)cc34)cc2)cc1. The van der Waals surface area contributed by atoms with Crippen LogP contribution in [0.1, 0.15) is 11.1 Å². The van der Waals surface area contributed by atoms with E-state index < -0.39 is 16.1 Å². The summed E-state index contributed by atoms with van der Waals surface area (Å²) in [6.45, 7) is 4.35. The number of rotatable bonds is 10. The summed E-state index contributed by atoms with van der Waals surface area (Å²) in [4.78, 5) is 0. The van der Waals surface area contributed by atoms with Gasteiger partial charge in [-0.1, -0.05) is 248 Å². The molecule has 0 amide bonds. The van der Waals surface area contributed by atoms with Crippen molar-refractivity contribution < 1.29 is 0 Å². The molecule has 3 heteroatoms. The van der Waals surface area contributed by atoms with E-state index in [0.717, 1.165) is 0 Å². The van der Waals surface area contributed by atoms with Crippen LogP contribution in [0.5, 0.6) is 0 Å². The molecule has 11 aromatic rings. The molecule has 0 aliphatic heterocycles. The monoisotopic (exact) mass is 880 g/mol. The highest BCUT2D eigenvalue weighted by molar-refractivity contribution is 7.26. The summed E-state index contributed by atoms with van der Waals surface area (Å²) >= 11 is 1.89. The first-order valence-corrected chi connectivity index (χ1v) is 27.4. The summed E-state index contributed by atoms with van der Waals surface area (Å²) in [5.74, 6) is 0. The molecule has 11 rings (SSSR count). The molecule has 1 aromatic heterocycles. The summed E-state index contributed by atoms with van der Waals surface area (Å²) in [6, 6.07) is 96.3. The quantitative estimate of drug-likeness (QED) is 0.0948. The molecule has 0 saturated carbocycles. The van der Waals surface area contributed by atoms with Gasteiger partial charge in [0.1, 0.15) is 0 Å². The summed E-state index contributed by atoms with van der Waals surface area (Å²) < 4.78 is 2.62. The van der Waals surface area contributed by atoms with Crippen molar-refractivity contribution in [1.29, 1.82) is 0 Å². The Labute approximate surface area is 388 Å². The number of thiophene rings is 1. The summed E-state index contributed by atoms with van der Waals surface area (Å²) in [5.41, 5.74) is 7.50. The molecular weight excluding hydrogens is 833 g/mol. The molecule has 0 atom stereocenters. The van der Waals surface area contributed by atoms with Gasteiger partial charge in [-0.25, -0.2) is 0 Å². The van der Waals surface area contributed by atoms with Crippen LogP contribution < -0.4 is 41.5 Å². The predicted molar refractivity (Wildman–Crippen MR) is 287 cm³/mol. The molecule has 0 saturated heterocycles. The second kappa shape index (κ2) is 17.1. The van der Waals surface area contributed by atoms with Gasteiger partial charge in [-0.05, 0) is 95.8 Å². The van der Waals surface area contributed by atoms with E-state index in [-0.39, 0.29) is 0 Å². The lowest BCUT2D eigenvalue weighted by Crippen LogP contribution is -2.74. The largest absolute Gasteiger partial charge is 0.179 e. The van der Waals surface area contributed by atoms with Gasteiger partial charge in [-0.15, -0.1) is 11.3 Å². The average Bonchev–Trinajstić information content (AvgIpc) is 3.75. The Kier molecular flexibility index (Phi) is 10.7. The van der Waals surface area contributed by atoms with Crippen molar-refractivity contribution >= 4 is 89.2 Å². The van der Waals surface area contributed by atoms with Gasteiger partial charge in [-0.3, -0.25) is 0 Å². The highest BCUT2D eigenvalue weighted by Gasteiger charge is 2.42. The Morgan fingerprint density at radius 1 is 0.246 bits per heavy atom. The normalized spacial score (nSPS) is 11.8. The number of fused-ring (bicyclic) bond motifs is 3. The lowest BCUT2D eigenvalue weighted by molar-refractivity contribution is 1.48. The Bertz CT molecular complexity index is 3300. The molecule has 0 fully saturated rings. The maximum Gasteiger partial charge on any atom is 0.179 e. The maximum absolute atomic E-state index is 2.61. The van der Waals surface area contributed by atoms with E-state index in [9.17, 15) is 0 Å². The van der Waals surface area contributed by atoms with Gasteiger partial charge in [-0.2, -0.15) is 0 Å². The molecule has 0 aliphatic rings.